The molecule has 0 saturated heterocycles. The predicted molar refractivity (Wildman–Crippen MR) is 78.4 cm³/mol. The molecule has 0 saturated carbocycles. The maximum atomic E-state index is 5.27. The molecular formula is C14H12N2OS2. The Labute approximate surface area is 119 Å². The number of hydrogen-bond donors (Lipinski definition) is 0. The normalized spacial score (nSPS) is 10.8. The zero-order chi connectivity index (χ0) is 13.1. The van der Waals surface area contributed by atoms with E-state index in [0.717, 1.165) is 4.88 Å². The molecule has 0 aliphatic carbocycles. The first-order valence-electron chi connectivity index (χ1n) is 5.88. The molecule has 3 nitrogen and oxygen atoms in total. The van der Waals surface area contributed by atoms with Crippen LogP contribution in [0.3, 0.4) is 0 Å². The summed E-state index contributed by atoms with van der Waals surface area (Å²) in [5, 5.41) is 6.01. The molecule has 0 N–H and O–H groups in total. The zero-order valence-corrected chi connectivity index (χ0v) is 12.0. The van der Waals surface area contributed by atoms with Crippen molar-refractivity contribution < 1.29 is 4.52 Å². The van der Waals surface area contributed by atoms with Gasteiger partial charge in [0.05, 0.1) is 10.6 Å². The molecule has 2 heterocycles. The maximum Gasteiger partial charge on any atom is 0.237 e. The Morgan fingerprint density at radius 2 is 2.11 bits per heavy atom. The van der Waals surface area contributed by atoms with Gasteiger partial charge in [-0.15, -0.1) is 23.1 Å². The van der Waals surface area contributed by atoms with Crippen molar-refractivity contribution in [3.8, 4) is 10.7 Å². The number of rotatable bonds is 4. The second-order valence-corrected chi connectivity index (χ2v) is 6.01. The highest BCUT2D eigenvalue weighted by molar-refractivity contribution is 7.98. The van der Waals surface area contributed by atoms with Gasteiger partial charge < -0.3 is 4.52 Å². The van der Waals surface area contributed by atoms with Gasteiger partial charge in [0, 0.05) is 4.90 Å². The molecule has 2 aromatic heterocycles. The SMILES string of the molecule is Cc1ccccc1SCc1nc(-c2cccs2)no1. The van der Waals surface area contributed by atoms with E-state index in [1.807, 2.05) is 29.6 Å². The molecule has 5 heteroatoms. The molecule has 3 aromatic rings. The van der Waals surface area contributed by atoms with Crippen molar-refractivity contribution >= 4 is 23.1 Å². The van der Waals surface area contributed by atoms with E-state index in [2.05, 4.69) is 29.2 Å². The highest BCUT2D eigenvalue weighted by atomic mass is 32.2. The van der Waals surface area contributed by atoms with E-state index in [0.29, 0.717) is 17.5 Å². The summed E-state index contributed by atoms with van der Waals surface area (Å²) in [5.41, 5.74) is 1.27. The van der Waals surface area contributed by atoms with E-state index in [-0.39, 0.29) is 0 Å². The van der Waals surface area contributed by atoms with Crippen LogP contribution in [0.5, 0.6) is 0 Å². The molecule has 0 spiro atoms. The number of benzene rings is 1. The average Bonchev–Trinajstić information content (AvgIpc) is 3.09. The Balaban J connectivity index is 1.70. The lowest BCUT2D eigenvalue weighted by Gasteiger charge is -2.01. The number of thiophene rings is 1. The third-order valence-electron chi connectivity index (χ3n) is 2.65. The second-order valence-electron chi connectivity index (χ2n) is 4.04. The van der Waals surface area contributed by atoms with Crippen LogP contribution in [0, 0.1) is 6.92 Å². The summed E-state index contributed by atoms with van der Waals surface area (Å²) in [6.07, 6.45) is 0. The lowest BCUT2D eigenvalue weighted by Crippen LogP contribution is -1.83. The van der Waals surface area contributed by atoms with Gasteiger partial charge in [-0.3, -0.25) is 0 Å². The van der Waals surface area contributed by atoms with Gasteiger partial charge >= 0.3 is 0 Å². The van der Waals surface area contributed by atoms with E-state index < -0.39 is 0 Å². The van der Waals surface area contributed by atoms with Gasteiger partial charge in [-0.05, 0) is 30.0 Å². The van der Waals surface area contributed by atoms with Gasteiger partial charge in [-0.2, -0.15) is 4.98 Å². The highest BCUT2D eigenvalue weighted by Crippen LogP contribution is 2.27. The molecule has 0 bridgehead atoms. The number of nitrogens with zero attached hydrogens (tertiary/aromatic N) is 2. The van der Waals surface area contributed by atoms with Crippen LogP contribution in [-0.4, -0.2) is 10.1 Å². The van der Waals surface area contributed by atoms with Crippen molar-refractivity contribution in [1.29, 1.82) is 0 Å². The Morgan fingerprint density at radius 3 is 2.89 bits per heavy atom. The summed E-state index contributed by atoms with van der Waals surface area (Å²) in [5.74, 6) is 2.04. The highest BCUT2D eigenvalue weighted by Gasteiger charge is 2.10. The van der Waals surface area contributed by atoms with Crippen LogP contribution in [0.1, 0.15) is 11.5 Å². The quantitative estimate of drug-likeness (QED) is 0.667. The van der Waals surface area contributed by atoms with Crippen molar-refractivity contribution in [2.75, 3.05) is 0 Å². The third kappa shape index (κ3) is 2.88. The summed E-state index contributed by atoms with van der Waals surface area (Å²) in [7, 11) is 0. The fourth-order valence-electron chi connectivity index (χ4n) is 1.68. The second kappa shape index (κ2) is 5.59. The fraction of sp³-hybridized carbons (Fsp3) is 0.143. The molecule has 0 amide bonds. The number of aromatic nitrogens is 2. The van der Waals surface area contributed by atoms with Gasteiger partial charge in [-0.25, -0.2) is 0 Å². The van der Waals surface area contributed by atoms with Gasteiger partial charge in [0.1, 0.15) is 0 Å². The molecular weight excluding hydrogens is 276 g/mol. The molecule has 1 aromatic carbocycles. The topological polar surface area (TPSA) is 38.9 Å². The van der Waals surface area contributed by atoms with Crippen LogP contribution in [0.15, 0.2) is 51.2 Å². The molecule has 0 radical (unpaired) electrons. The minimum atomic E-state index is 0.664. The van der Waals surface area contributed by atoms with Crippen LogP contribution in [-0.2, 0) is 5.75 Å². The lowest BCUT2D eigenvalue weighted by atomic mass is 10.2. The molecule has 0 atom stereocenters. The average molecular weight is 288 g/mol. The first kappa shape index (κ1) is 12.4. The Kier molecular flexibility index (Phi) is 3.66. The summed E-state index contributed by atoms with van der Waals surface area (Å²) in [6.45, 7) is 2.10. The van der Waals surface area contributed by atoms with Gasteiger partial charge in [-0.1, -0.05) is 29.4 Å². The van der Waals surface area contributed by atoms with E-state index >= 15 is 0 Å². The van der Waals surface area contributed by atoms with Gasteiger partial charge in [0.15, 0.2) is 0 Å². The maximum absolute atomic E-state index is 5.27. The van der Waals surface area contributed by atoms with Gasteiger partial charge in [0.25, 0.3) is 0 Å². The Morgan fingerprint density at radius 1 is 1.21 bits per heavy atom. The summed E-state index contributed by atoms with van der Waals surface area (Å²) in [4.78, 5) is 6.70. The minimum absolute atomic E-state index is 0.664. The van der Waals surface area contributed by atoms with Crippen molar-refractivity contribution in [3.63, 3.8) is 0 Å². The fourth-order valence-corrected chi connectivity index (χ4v) is 3.19. The zero-order valence-electron chi connectivity index (χ0n) is 10.4. The van der Waals surface area contributed by atoms with E-state index in [1.165, 1.54) is 10.5 Å². The molecule has 0 unspecified atom stereocenters. The number of thioether (sulfide) groups is 1. The molecule has 19 heavy (non-hydrogen) atoms. The standard InChI is InChI=1S/C14H12N2OS2/c1-10-5-2-3-6-11(10)19-9-13-15-14(16-17-13)12-7-4-8-18-12/h2-8H,9H2,1H3. The van der Waals surface area contributed by atoms with Crippen molar-refractivity contribution in [3.05, 3.63) is 53.2 Å². The molecule has 0 fully saturated rings. The van der Waals surface area contributed by atoms with E-state index in [1.54, 1.807) is 23.1 Å². The molecule has 0 aliphatic rings. The number of hydrogen-bond acceptors (Lipinski definition) is 5. The van der Waals surface area contributed by atoms with Crippen molar-refractivity contribution in [2.45, 2.75) is 17.6 Å². The van der Waals surface area contributed by atoms with E-state index in [9.17, 15) is 0 Å². The van der Waals surface area contributed by atoms with Crippen molar-refractivity contribution in [1.82, 2.24) is 10.1 Å². The van der Waals surface area contributed by atoms with Crippen LogP contribution < -0.4 is 0 Å². The summed E-state index contributed by atoms with van der Waals surface area (Å²) in [6, 6.07) is 12.3. The first-order chi connectivity index (χ1) is 9.33. The van der Waals surface area contributed by atoms with Crippen molar-refractivity contribution in [2.24, 2.45) is 0 Å². The van der Waals surface area contributed by atoms with Crippen LogP contribution >= 0.6 is 23.1 Å². The summed E-state index contributed by atoms with van der Waals surface area (Å²) >= 11 is 3.33. The summed E-state index contributed by atoms with van der Waals surface area (Å²) < 4.78 is 5.27. The minimum Gasteiger partial charge on any atom is -0.338 e. The number of aryl methyl sites for hydroxylation is 1. The first-order valence-corrected chi connectivity index (χ1v) is 7.74. The smallest absolute Gasteiger partial charge is 0.237 e. The largest absolute Gasteiger partial charge is 0.338 e. The van der Waals surface area contributed by atoms with E-state index in [4.69, 9.17) is 4.52 Å². The molecule has 0 aliphatic heterocycles. The third-order valence-corrected chi connectivity index (χ3v) is 4.68. The molecule has 3 rings (SSSR count). The Bertz CT molecular complexity index is 662. The van der Waals surface area contributed by atoms with Crippen LogP contribution in [0.4, 0.5) is 0 Å². The monoisotopic (exact) mass is 288 g/mol. The predicted octanol–water partition coefficient (Wildman–Crippen LogP) is 4.40. The Hall–Kier alpha value is -1.59. The van der Waals surface area contributed by atoms with Crippen LogP contribution in [0.2, 0.25) is 0 Å². The van der Waals surface area contributed by atoms with Gasteiger partial charge in [0.2, 0.25) is 11.7 Å². The molecule has 96 valence electrons. The van der Waals surface area contributed by atoms with Crippen LogP contribution in [0.25, 0.3) is 10.7 Å². The lowest BCUT2D eigenvalue weighted by molar-refractivity contribution is 0.392.